The van der Waals surface area contributed by atoms with Crippen molar-refractivity contribution in [3.63, 3.8) is 0 Å². The van der Waals surface area contributed by atoms with Crippen molar-refractivity contribution in [3.05, 3.63) is 63.2 Å². The Balaban J connectivity index is 2.36. The number of rotatable bonds is 6. The van der Waals surface area contributed by atoms with Gasteiger partial charge in [-0.3, -0.25) is 0 Å². The van der Waals surface area contributed by atoms with E-state index in [0.29, 0.717) is 18.3 Å². The number of aryl methyl sites for hydroxylation is 2. The first-order chi connectivity index (χ1) is 11.7. The van der Waals surface area contributed by atoms with Crippen LogP contribution in [0.25, 0.3) is 0 Å². The Morgan fingerprint density at radius 1 is 1.08 bits per heavy atom. The van der Waals surface area contributed by atoms with Gasteiger partial charge in [0.1, 0.15) is 5.75 Å². The van der Waals surface area contributed by atoms with Gasteiger partial charge in [0.25, 0.3) is 0 Å². The van der Waals surface area contributed by atoms with Crippen molar-refractivity contribution in [1.82, 2.24) is 0 Å². The van der Waals surface area contributed by atoms with Crippen molar-refractivity contribution in [2.45, 2.75) is 53.4 Å². The zero-order valence-corrected chi connectivity index (χ0v) is 16.7. The topological polar surface area (TPSA) is 57.5 Å². The molecule has 4 heteroatoms. The van der Waals surface area contributed by atoms with E-state index < -0.39 is 8.03 Å². The number of aromatic hydroxyl groups is 1. The van der Waals surface area contributed by atoms with E-state index in [4.69, 9.17) is 4.89 Å². The lowest BCUT2D eigenvalue weighted by Gasteiger charge is -2.17. The van der Waals surface area contributed by atoms with E-state index in [1.807, 2.05) is 6.07 Å². The summed E-state index contributed by atoms with van der Waals surface area (Å²) in [5, 5.41) is 10.0. The predicted molar refractivity (Wildman–Crippen MR) is 104 cm³/mol. The smallest absolute Gasteiger partial charge is 0.505 e. The predicted octanol–water partition coefficient (Wildman–Crippen LogP) is 5.31. The molecule has 0 heterocycles. The first-order valence-electron chi connectivity index (χ1n) is 8.74. The second-order valence-electron chi connectivity index (χ2n) is 7.13. The van der Waals surface area contributed by atoms with Crippen LogP contribution < -0.4 is 0 Å². The largest absolute Gasteiger partial charge is 0.508 e. The number of phenols is 1. The molecular weight excluding hydrogens is 331 g/mol. The Morgan fingerprint density at radius 2 is 1.76 bits per heavy atom. The van der Waals surface area contributed by atoms with E-state index in [2.05, 4.69) is 46.8 Å². The third kappa shape index (κ3) is 4.68. The van der Waals surface area contributed by atoms with Crippen LogP contribution in [0.4, 0.5) is 0 Å². The van der Waals surface area contributed by atoms with E-state index in [1.165, 1.54) is 27.8 Å². The van der Waals surface area contributed by atoms with E-state index >= 15 is 0 Å². The fraction of sp³-hybridized carbons (Fsp3) is 0.429. The molecule has 0 aliphatic heterocycles. The van der Waals surface area contributed by atoms with Gasteiger partial charge < -0.3 is 5.11 Å². The highest BCUT2D eigenvalue weighted by Gasteiger charge is 2.16. The summed E-state index contributed by atoms with van der Waals surface area (Å²) in [6, 6.07) is 8.02. The molecule has 3 nitrogen and oxygen atoms in total. The summed E-state index contributed by atoms with van der Waals surface area (Å²) >= 11 is 0. The van der Waals surface area contributed by atoms with E-state index in [-0.39, 0.29) is 5.92 Å². The molecule has 25 heavy (non-hydrogen) atoms. The average molecular weight is 359 g/mol. The lowest BCUT2D eigenvalue weighted by Crippen LogP contribution is -2.04. The molecule has 2 N–H and O–H groups in total. The quantitative estimate of drug-likeness (QED) is 0.687. The summed E-state index contributed by atoms with van der Waals surface area (Å²) in [6.45, 7) is 10.5. The summed E-state index contributed by atoms with van der Waals surface area (Å²) in [5.74, 6) is 0.642. The molecule has 0 bridgehead atoms. The molecule has 0 aliphatic rings. The minimum Gasteiger partial charge on any atom is -0.508 e. The van der Waals surface area contributed by atoms with Crippen molar-refractivity contribution < 1.29 is 14.6 Å². The van der Waals surface area contributed by atoms with Gasteiger partial charge in [-0.25, -0.2) is 0 Å². The van der Waals surface area contributed by atoms with Crippen LogP contribution in [-0.4, -0.2) is 16.2 Å². The molecule has 2 aromatic rings. The zero-order chi connectivity index (χ0) is 18.7. The summed E-state index contributed by atoms with van der Waals surface area (Å²) < 4.78 is 11.0. The lowest BCUT2D eigenvalue weighted by atomic mass is 9.88. The standard InChI is InChI=1S/C21H27O3P/c1-13(2)19-11-17(6-7-21(19)22)12-20-14(3)10-18(8-9-25(23)24)15(4)16(20)5/h6-7,10-11,13H,8-9,12H2,1-5H3,(H-,22,23,24)/p+1. The van der Waals surface area contributed by atoms with Gasteiger partial charge in [-0.15, -0.1) is 0 Å². The molecule has 1 atom stereocenters. The first-order valence-corrected chi connectivity index (χ1v) is 10.1. The highest BCUT2D eigenvalue weighted by Crippen LogP contribution is 2.30. The maximum absolute atomic E-state index is 11.0. The SMILES string of the molecule is Cc1cc(CC[P+](=O)O)c(C)c(C)c1Cc1ccc(O)c(C(C)C)c1. The first kappa shape index (κ1) is 19.6. The van der Waals surface area contributed by atoms with Gasteiger partial charge in [0, 0.05) is 6.42 Å². The number of benzene rings is 2. The third-order valence-electron chi connectivity index (χ3n) is 5.03. The summed E-state index contributed by atoms with van der Waals surface area (Å²) in [6.07, 6.45) is 1.77. The highest BCUT2D eigenvalue weighted by molar-refractivity contribution is 7.37. The Kier molecular flexibility index (Phi) is 6.37. The molecule has 2 aromatic carbocycles. The molecule has 0 fully saturated rings. The molecule has 0 aliphatic carbocycles. The van der Waals surface area contributed by atoms with Crippen molar-refractivity contribution in [2.24, 2.45) is 0 Å². The van der Waals surface area contributed by atoms with Crippen LogP contribution in [0.2, 0.25) is 0 Å². The summed E-state index contributed by atoms with van der Waals surface area (Å²) in [4.78, 5) is 9.07. The molecule has 0 saturated carbocycles. The molecule has 134 valence electrons. The van der Waals surface area contributed by atoms with Gasteiger partial charge in [-0.05, 0) is 82.7 Å². The molecule has 2 rings (SSSR count). The Bertz CT molecular complexity index is 794. The maximum atomic E-state index is 11.0. The van der Waals surface area contributed by atoms with Gasteiger partial charge >= 0.3 is 8.03 Å². The van der Waals surface area contributed by atoms with Crippen LogP contribution in [0.5, 0.6) is 5.75 Å². The van der Waals surface area contributed by atoms with Crippen LogP contribution in [-0.2, 0) is 17.4 Å². The van der Waals surface area contributed by atoms with E-state index in [0.717, 1.165) is 17.5 Å². The van der Waals surface area contributed by atoms with Crippen molar-refractivity contribution in [3.8, 4) is 5.75 Å². The van der Waals surface area contributed by atoms with Gasteiger partial charge in [-0.1, -0.05) is 32.0 Å². The molecule has 0 saturated heterocycles. The van der Waals surface area contributed by atoms with Gasteiger partial charge in [0.05, 0.1) is 0 Å². The number of phenolic OH excluding ortho intramolecular Hbond substituents is 1. The second-order valence-corrected chi connectivity index (χ2v) is 8.28. The number of hydrogen-bond donors (Lipinski definition) is 2. The van der Waals surface area contributed by atoms with Crippen LogP contribution in [0.1, 0.15) is 58.7 Å². The molecule has 1 unspecified atom stereocenters. The Labute approximate surface area is 151 Å². The minimum absolute atomic E-state index is 0.284. The zero-order valence-electron chi connectivity index (χ0n) is 15.8. The van der Waals surface area contributed by atoms with Gasteiger partial charge in [-0.2, -0.15) is 4.89 Å². The molecule has 0 spiro atoms. The highest BCUT2D eigenvalue weighted by atomic mass is 31.1. The Morgan fingerprint density at radius 3 is 2.36 bits per heavy atom. The number of hydrogen-bond acceptors (Lipinski definition) is 2. The lowest BCUT2D eigenvalue weighted by molar-refractivity contribution is 0.464. The van der Waals surface area contributed by atoms with Crippen molar-refractivity contribution in [2.75, 3.05) is 6.16 Å². The fourth-order valence-corrected chi connectivity index (χ4v) is 3.78. The Hall–Kier alpha value is -1.70. The fourth-order valence-electron chi connectivity index (χ4n) is 3.35. The molecule has 0 radical (unpaired) electrons. The summed E-state index contributed by atoms with van der Waals surface area (Å²) in [5.41, 5.74) is 8.30. The molecule has 0 amide bonds. The monoisotopic (exact) mass is 359 g/mol. The van der Waals surface area contributed by atoms with Crippen LogP contribution in [0.15, 0.2) is 24.3 Å². The summed E-state index contributed by atoms with van der Waals surface area (Å²) in [7, 11) is -2.09. The van der Waals surface area contributed by atoms with Crippen LogP contribution >= 0.6 is 8.03 Å². The second kappa shape index (κ2) is 8.12. The van der Waals surface area contributed by atoms with Gasteiger partial charge in [0.15, 0.2) is 6.16 Å². The molecular formula is C21H28O3P+. The maximum Gasteiger partial charge on any atom is 0.505 e. The minimum atomic E-state index is -2.09. The van der Waals surface area contributed by atoms with E-state index in [1.54, 1.807) is 6.07 Å². The normalized spacial score (nSPS) is 11.9. The average Bonchev–Trinajstić information content (AvgIpc) is 2.54. The third-order valence-corrected chi connectivity index (χ3v) is 5.64. The molecule has 0 aromatic heterocycles. The van der Waals surface area contributed by atoms with Gasteiger partial charge in [0.2, 0.25) is 0 Å². The van der Waals surface area contributed by atoms with Crippen molar-refractivity contribution in [1.29, 1.82) is 0 Å². The van der Waals surface area contributed by atoms with E-state index in [9.17, 15) is 9.67 Å². The van der Waals surface area contributed by atoms with Crippen LogP contribution in [0.3, 0.4) is 0 Å². The van der Waals surface area contributed by atoms with Crippen LogP contribution in [0, 0.1) is 20.8 Å². The van der Waals surface area contributed by atoms with Crippen molar-refractivity contribution >= 4 is 8.03 Å².